The van der Waals surface area contributed by atoms with Crippen LogP contribution in [-0.2, 0) is 20.8 Å². The molecule has 8 nitrogen and oxygen atoms in total. The maximum Gasteiger partial charge on any atom is 0.261 e. The van der Waals surface area contributed by atoms with Gasteiger partial charge in [0.25, 0.3) is 5.91 Å². The lowest BCUT2D eigenvalue weighted by molar-refractivity contribution is -0.129. The van der Waals surface area contributed by atoms with Crippen LogP contribution in [0.3, 0.4) is 0 Å². The van der Waals surface area contributed by atoms with E-state index in [0.717, 1.165) is 16.6 Å². The molecule has 3 atom stereocenters. The molecule has 0 fully saturated rings. The van der Waals surface area contributed by atoms with E-state index in [4.69, 9.17) is 16.9 Å². The quantitative estimate of drug-likeness (QED) is 0.302. The van der Waals surface area contributed by atoms with Crippen molar-refractivity contribution in [3.63, 3.8) is 0 Å². The maximum atomic E-state index is 13.3. The lowest BCUT2D eigenvalue weighted by Crippen LogP contribution is -2.54. The van der Waals surface area contributed by atoms with Gasteiger partial charge in [0.15, 0.2) is 0 Å². The minimum atomic E-state index is -0.827. The number of carbonyl (C=O) groups excluding carboxylic acids is 3. The summed E-state index contributed by atoms with van der Waals surface area (Å²) in [5, 5.41) is 18.6. The molecule has 0 aliphatic heterocycles. The van der Waals surface area contributed by atoms with Crippen molar-refractivity contribution in [1.82, 2.24) is 20.9 Å². The number of thiazole rings is 1. The summed E-state index contributed by atoms with van der Waals surface area (Å²) < 4.78 is 0.902. The van der Waals surface area contributed by atoms with Gasteiger partial charge in [0.1, 0.15) is 17.7 Å². The first-order valence-corrected chi connectivity index (χ1v) is 12.4. The zero-order valence-electron chi connectivity index (χ0n) is 19.6. The average Bonchev–Trinajstić information content (AvgIpc) is 3.21. The zero-order valence-corrected chi connectivity index (χ0v) is 21.2. The average molecular weight is 504 g/mol. The molecular formula is C24H30ClN5O3S. The molecule has 0 spiro atoms. The molecule has 1 aromatic heterocycles. The number of amides is 3. The van der Waals surface area contributed by atoms with Gasteiger partial charge in [-0.15, -0.1) is 11.3 Å². The Balaban J connectivity index is 2.20. The molecule has 182 valence electrons. The smallest absolute Gasteiger partial charge is 0.261 e. The predicted octanol–water partition coefficient (Wildman–Crippen LogP) is 3.50. The van der Waals surface area contributed by atoms with Crippen LogP contribution < -0.4 is 16.0 Å². The van der Waals surface area contributed by atoms with E-state index in [-0.39, 0.29) is 36.3 Å². The number of rotatable bonds is 12. The van der Waals surface area contributed by atoms with Crippen molar-refractivity contribution in [3.8, 4) is 6.07 Å². The van der Waals surface area contributed by atoms with Gasteiger partial charge in [-0.05, 0) is 30.5 Å². The van der Waals surface area contributed by atoms with Crippen LogP contribution in [-0.4, -0.2) is 41.3 Å². The molecule has 34 heavy (non-hydrogen) atoms. The van der Waals surface area contributed by atoms with Crippen LogP contribution in [0.4, 0.5) is 0 Å². The third-order valence-electron chi connectivity index (χ3n) is 5.45. The van der Waals surface area contributed by atoms with Crippen LogP contribution in [0.1, 0.15) is 45.0 Å². The SMILES string of the molecule is C=C(C#N)C(=O)NC[C@@H](NC(=O)[C@H](Cc1nc2ccc(Cl)cc2s1)NC(=O)CCC)[C@@H](C)CC. The summed E-state index contributed by atoms with van der Waals surface area (Å²) in [6, 6.07) is 5.88. The molecule has 0 saturated heterocycles. The Bertz CT molecular complexity index is 1090. The monoisotopic (exact) mass is 503 g/mol. The molecule has 0 radical (unpaired) electrons. The minimum absolute atomic E-state index is 0.0381. The fourth-order valence-corrected chi connectivity index (χ4v) is 4.52. The normalized spacial score (nSPS) is 13.4. The van der Waals surface area contributed by atoms with Crippen molar-refractivity contribution >= 4 is 50.9 Å². The van der Waals surface area contributed by atoms with E-state index in [1.165, 1.54) is 11.3 Å². The summed E-state index contributed by atoms with van der Waals surface area (Å²) in [7, 11) is 0. The van der Waals surface area contributed by atoms with Crippen LogP contribution in [0.25, 0.3) is 10.2 Å². The fraction of sp³-hybridized carbons (Fsp3) is 0.458. The molecule has 0 unspecified atom stereocenters. The lowest BCUT2D eigenvalue weighted by Gasteiger charge is -2.27. The van der Waals surface area contributed by atoms with Crippen molar-refractivity contribution in [2.75, 3.05) is 6.54 Å². The molecule has 3 N–H and O–H groups in total. The highest BCUT2D eigenvalue weighted by atomic mass is 35.5. The Morgan fingerprint density at radius 2 is 2.00 bits per heavy atom. The van der Waals surface area contributed by atoms with Crippen molar-refractivity contribution in [2.24, 2.45) is 5.92 Å². The van der Waals surface area contributed by atoms with Crippen LogP contribution in [0.15, 0.2) is 30.4 Å². The van der Waals surface area contributed by atoms with Crippen molar-refractivity contribution < 1.29 is 14.4 Å². The summed E-state index contributed by atoms with van der Waals surface area (Å²) in [6.07, 6.45) is 1.94. The summed E-state index contributed by atoms with van der Waals surface area (Å²) in [5.74, 6) is -1.12. The number of nitriles is 1. The number of hydrogen-bond acceptors (Lipinski definition) is 6. The van der Waals surface area contributed by atoms with Gasteiger partial charge in [0.05, 0.1) is 15.2 Å². The highest BCUT2D eigenvalue weighted by Crippen LogP contribution is 2.26. The highest BCUT2D eigenvalue weighted by Gasteiger charge is 2.27. The number of fused-ring (bicyclic) bond motifs is 1. The van der Waals surface area contributed by atoms with E-state index in [9.17, 15) is 14.4 Å². The van der Waals surface area contributed by atoms with Crippen LogP contribution >= 0.6 is 22.9 Å². The molecule has 1 aromatic carbocycles. The van der Waals surface area contributed by atoms with Gasteiger partial charge in [0.2, 0.25) is 11.8 Å². The van der Waals surface area contributed by atoms with Crippen LogP contribution in [0.5, 0.6) is 0 Å². The molecule has 3 amide bonds. The third-order valence-corrected chi connectivity index (χ3v) is 6.73. The molecule has 0 bridgehead atoms. The van der Waals surface area contributed by atoms with Gasteiger partial charge >= 0.3 is 0 Å². The number of nitrogens with one attached hydrogen (secondary N) is 3. The Morgan fingerprint density at radius 3 is 2.65 bits per heavy atom. The summed E-state index contributed by atoms with van der Waals surface area (Å²) >= 11 is 7.50. The van der Waals surface area contributed by atoms with Crippen molar-refractivity contribution in [3.05, 3.63) is 40.4 Å². The number of nitrogens with zero attached hydrogens (tertiary/aromatic N) is 2. The van der Waals surface area contributed by atoms with E-state index in [0.29, 0.717) is 22.9 Å². The molecule has 1 heterocycles. The Hall–Kier alpha value is -2.96. The van der Waals surface area contributed by atoms with Gasteiger partial charge in [-0.25, -0.2) is 4.98 Å². The van der Waals surface area contributed by atoms with Gasteiger partial charge < -0.3 is 16.0 Å². The number of carbonyl (C=O) groups is 3. The number of benzene rings is 1. The second-order valence-corrected chi connectivity index (χ2v) is 9.65. The minimum Gasteiger partial charge on any atom is -0.350 e. The summed E-state index contributed by atoms with van der Waals surface area (Å²) in [5.41, 5.74) is 0.580. The number of halogens is 1. The second kappa shape index (κ2) is 13.1. The summed E-state index contributed by atoms with van der Waals surface area (Å²) in [4.78, 5) is 42.1. The third kappa shape index (κ3) is 7.82. The molecule has 2 rings (SSSR count). The topological polar surface area (TPSA) is 124 Å². The first-order valence-electron chi connectivity index (χ1n) is 11.2. The molecule has 0 aliphatic rings. The predicted molar refractivity (Wildman–Crippen MR) is 134 cm³/mol. The van der Waals surface area contributed by atoms with E-state index >= 15 is 0 Å². The molecule has 10 heteroatoms. The van der Waals surface area contributed by atoms with Gasteiger partial charge in [0, 0.05) is 30.5 Å². The lowest BCUT2D eigenvalue weighted by atomic mass is 9.98. The summed E-state index contributed by atoms with van der Waals surface area (Å²) in [6.45, 7) is 9.36. The van der Waals surface area contributed by atoms with E-state index in [1.54, 1.807) is 12.1 Å². The van der Waals surface area contributed by atoms with Gasteiger partial charge in [-0.3, -0.25) is 14.4 Å². The number of aromatic nitrogens is 1. The van der Waals surface area contributed by atoms with Crippen molar-refractivity contribution in [1.29, 1.82) is 5.26 Å². The van der Waals surface area contributed by atoms with Gasteiger partial charge in [-0.2, -0.15) is 5.26 Å². The first kappa shape index (κ1) is 27.3. The zero-order chi connectivity index (χ0) is 25.3. The second-order valence-electron chi connectivity index (χ2n) is 8.09. The Labute approximate surface area is 208 Å². The van der Waals surface area contributed by atoms with E-state index in [2.05, 4.69) is 27.5 Å². The maximum absolute atomic E-state index is 13.3. The fourth-order valence-electron chi connectivity index (χ4n) is 3.23. The number of hydrogen-bond donors (Lipinski definition) is 3. The first-order chi connectivity index (χ1) is 16.2. The van der Waals surface area contributed by atoms with Crippen LogP contribution in [0, 0.1) is 17.2 Å². The molecule has 0 saturated carbocycles. The molecule has 2 aromatic rings. The highest BCUT2D eigenvalue weighted by molar-refractivity contribution is 7.18. The largest absolute Gasteiger partial charge is 0.350 e. The van der Waals surface area contributed by atoms with E-state index < -0.39 is 18.0 Å². The van der Waals surface area contributed by atoms with Crippen LogP contribution in [0.2, 0.25) is 5.02 Å². The standard InChI is InChI=1S/C24H30ClN5O3S/c1-5-7-21(31)28-18(11-22-29-17-9-8-16(25)10-20(17)34-22)24(33)30-19(14(3)6-2)13-27-23(32)15(4)12-26/h8-10,14,18-19H,4-7,11,13H2,1-3H3,(H,27,32)(H,28,31)(H,30,33)/t14-,18-,19+/m0/s1. The Morgan fingerprint density at radius 1 is 1.26 bits per heavy atom. The molecule has 0 aliphatic carbocycles. The Kier molecular flexibility index (Phi) is 10.5. The van der Waals surface area contributed by atoms with Crippen molar-refractivity contribution in [2.45, 2.75) is 58.5 Å². The molecular weight excluding hydrogens is 474 g/mol. The van der Waals surface area contributed by atoms with Gasteiger partial charge in [-0.1, -0.05) is 45.4 Å². The van der Waals surface area contributed by atoms with E-state index in [1.807, 2.05) is 32.9 Å².